The number of hydrogen-bond acceptors (Lipinski definition) is 6. The second-order valence-electron chi connectivity index (χ2n) is 8.66. The zero-order valence-electron chi connectivity index (χ0n) is 16.8. The van der Waals surface area contributed by atoms with E-state index in [1.807, 2.05) is 6.07 Å². The highest BCUT2D eigenvalue weighted by molar-refractivity contribution is 6.06. The molecule has 2 aromatic rings. The van der Waals surface area contributed by atoms with Crippen LogP contribution in [0.1, 0.15) is 22.5 Å². The minimum absolute atomic E-state index is 0.175. The van der Waals surface area contributed by atoms with Crippen molar-refractivity contribution in [1.29, 1.82) is 0 Å². The van der Waals surface area contributed by atoms with Gasteiger partial charge in [-0.25, -0.2) is 4.79 Å². The number of hydrogen-bond donors (Lipinski definition) is 0. The smallest absolute Gasteiger partial charge is 0.337 e. The summed E-state index contributed by atoms with van der Waals surface area (Å²) in [5.74, 6) is 1.07. The average Bonchev–Trinajstić information content (AvgIpc) is 3.44. The number of furan rings is 1. The van der Waals surface area contributed by atoms with Crippen molar-refractivity contribution in [2.24, 2.45) is 40.6 Å². The average molecular weight is 416 g/mol. The lowest BCUT2D eigenvalue weighted by Gasteiger charge is -2.37. The Balaban J connectivity index is 1.22. The molecule has 4 aliphatic carbocycles. The molecule has 1 aromatic heterocycles. The van der Waals surface area contributed by atoms with Gasteiger partial charge >= 0.3 is 5.97 Å². The summed E-state index contributed by atoms with van der Waals surface area (Å²) in [5, 5.41) is 5.23. The van der Waals surface area contributed by atoms with Gasteiger partial charge in [-0.15, -0.1) is 0 Å². The summed E-state index contributed by atoms with van der Waals surface area (Å²) in [4.78, 5) is 37.7. The number of allylic oxidation sites excluding steroid dienone is 2. The molecular formula is C24H20N2O5. The zero-order valence-corrected chi connectivity index (χ0v) is 16.8. The maximum atomic E-state index is 13.0. The molecule has 0 unspecified atom stereocenters. The number of methoxy groups -OCH3 is 1. The van der Waals surface area contributed by atoms with Gasteiger partial charge in [-0.05, 0) is 54.4 Å². The van der Waals surface area contributed by atoms with Crippen LogP contribution >= 0.6 is 0 Å². The van der Waals surface area contributed by atoms with Gasteiger partial charge in [0.25, 0.3) is 11.8 Å². The monoisotopic (exact) mass is 416 g/mol. The van der Waals surface area contributed by atoms with E-state index in [4.69, 9.17) is 9.15 Å². The van der Waals surface area contributed by atoms with Gasteiger partial charge in [0, 0.05) is 5.56 Å². The molecule has 0 spiro atoms. The molecule has 6 atom stereocenters. The highest BCUT2D eigenvalue weighted by atomic mass is 16.5. The van der Waals surface area contributed by atoms with Crippen LogP contribution in [0.2, 0.25) is 0 Å². The van der Waals surface area contributed by atoms with Crippen LogP contribution in [0.4, 0.5) is 0 Å². The predicted octanol–water partition coefficient (Wildman–Crippen LogP) is 3.12. The molecule has 7 rings (SSSR count). The molecule has 2 bridgehead atoms. The van der Waals surface area contributed by atoms with Gasteiger partial charge in [0.2, 0.25) is 0 Å². The van der Waals surface area contributed by atoms with Gasteiger partial charge in [-0.2, -0.15) is 10.1 Å². The normalized spacial score (nSPS) is 32.5. The predicted molar refractivity (Wildman–Crippen MR) is 110 cm³/mol. The van der Waals surface area contributed by atoms with E-state index < -0.39 is 5.97 Å². The van der Waals surface area contributed by atoms with E-state index in [0.717, 1.165) is 11.4 Å². The van der Waals surface area contributed by atoms with Gasteiger partial charge < -0.3 is 9.15 Å². The lowest BCUT2D eigenvalue weighted by Crippen LogP contribution is -2.40. The van der Waals surface area contributed by atoms with Crippen molar-refractivity contribution in [3.8, 4) is 11.3 Å². The zero-order chi connectivity index (χ0) is 21.3. The molecule has 2 saturated carbocycles. The molecular weight excluding hydrogens is 396 g/mol. The quantitative estimate of drug-likeness (QED) is 0.331. The van der Waals surface area contributed by atoms with Crippen LogP contribution in [-0.4, -0.2) is 36.1 Å². The molecule has 156 valence electrons. The van der Waals surface area contributed by atoms with Crippen molar-refractivity contribution in [3.63, 3.8) is 0 Å². The van der Waals surface area contributed by atoms with Crippen molar-refractivity contribution >= 4 is 24.0 Å². The molecule has 1 aromatic carbocycles. The van der Waals surface area contributed by atoms with Crippen molar-refractivity contribution in [2.45, 2.75) is 6.42 Å². The molecule has 1 saturated heterocycles. The number of benzene rings is 1. The minimum Gasteiger partial charge on any atom is -0.465 e. The highest BCUT2D eigenvalue weighted by Crippen LogP contribution is 2.65. The number of nitrogens with zero attached hydrogens (tertiary/aromatic N) is 2. The Morgan fingerprint density at radius 2 is 1.81 bits per heavy atom. The molecule has 1 aliphatic heterocycles. The van der Waals surface area contributed by atoms with Crippen LogP contribution < -0.4 is 0 Å². The maximum absolute atomic E-state index is 13.0. The fraction of sp³-hybridized carbons (Fsp3) is 0.333. The first kappa shape index (κ1) is 18.3. The Hall–Kier alpha value is -3.48. The van der Waals surface area contributed by atoms with Gasteiger partial charge in [-0.3, -0.25) is 9.59 Å². The molecule has 7 heteroatoms. The molecule has 31 heavy (non-hydrogen) atoms. The third-order valence-electron chi connectivity index (χ3n) is 7.13. The number of ether oxygens (including phenoxy) is 1. The summed E-state index contributed by atoms with van der Waals surface area (Å²) in [5.41, 5.74) is 1.13. The molecule has 7 nitrogen and oxygen atoms in total. The Morgan fingerprint density at radius 3 is 2.48 bits per heavy atom. The number of imide groups is 1. The minimum atomic E-state index is -0.427. The van der Waals surface area contributed by atoms with Crippen molar-refractivity contribution in [1.82, 2.24) is 5.01 Å². The van der Waals surface area contributed by atoms with E-state index in [0.29, 0.717) is 34.5 Å². The van der Waals surface area contributed by atoms with Crippen LogP contribution in [-0.2, 0) is 14.3 Å². The summed E-state index contributed by atoms with van der Waals surface area (Å²) < 4.78 is 10.6. The van der Waals surface area contributed by atoms with Crippen LogP contribution in [0.15, 0.2) is 58.1 Å². The fourth-order valence-corrected chi connectivity index (χ4v) is 5.66. The summed E-state index contributed by atoms with van der Waals surface area (Å²) >= 11 is 0. The van der Waals surface area contributed by atoms with Gasteiger partial charge in [0.1, 0.15) is 11.5 Å². The highest BCUT2D eigenvalue weighted by Gasteiger charge is 2.67. The van der Waals surface area contributed by atoms with E-state index in [1.165, 1.54) is 13.3 Å². The van der Waals surface area contributed by atoms with E-state index in [-0.39, 0.29) is 35.5 Å². The van der Waals surface area contributed by atoms with Gasteiger partial charge in [0.15, 0.2) is 0 Å². The lowest BCUT2D eigenvalue weighted by molar-refractivity contribution is -0.140. The molecule has 2 heterocycles. The number of carbonyl (C=O) groups excluding carboxylic acids is 3. The van der Waals surface area contributed by atoms with Crippen LogP contribution in [0.25, 0.3) is 11.3 Å². The Morgan fingerprint density at radius 1 is 1.10 bits per heavy atom. The SMILES string of the molecule is COC(=O)c1cccc(-c2ccc(C=NN3C(=O)[C@@H]4[C@H]5C=C[C@@H]([C@@H]6C[C@H]56)[C@H]4C3=O)o2)c1. The largest absolute Gasteiger partial charge is 0.465 e. The first-order chi connectivity index (χ1) is 15.1. The van der Waals surface area contributed by atoms with Gasteiger partial charge in [0.05, 0.1) is 30.7 Å². The molecule has 5 aliphatic rings. The third kappa shape index (κ3) is 2.65. The van der Waals surface area contributed by atoms with Crippen LogP contribution in [0, 0.1) is 35.5 Å². The van der Waals surface area contributed by atoms with Crippen LogP contribution in [0.5, 0.6) is 0 Å². The van der Waals surface area contributed by atoms with Crippen molar-refractivity contribution in [3.05, 3.63) is 59.9 Å². The number of carbonyl (C=O) groups is 3. The Kier molecular flexibility index (Phi) is 3.84. The summed E-state index contributed by atoms with van der Waals surface area (Å²) in [6.45, 7) is 0. The maximum Gasteiger partial charge on any atom is 0.337 e. The van der Waals surface area contributed by atoms with Gasteiger partial charge in [-0.1, -0.05) is 24.3 Å². The van der Waals surface area contributed by atoms with Crippen molar-refractivity contribution < 1.29 is 23.5 Å². The number of esters is 1. The lowest BCUT2D eigenvalue weighted by atomic mass is 9.63. The summed E-state index contributed by atoms with van der Waals surface area (Å²) in [6, 6.07) is 10.4. The third-order valence-corrected chi connectivity index (χ3v) is 7.13. The molecule has 2 amide bonds. The fourth-order valence-electron chi connectivity index (χ4n) is 5.66. The topological polar surface area (TPSA) is 89.2 Å². The number of hydrazone groups is 1. The van der Waals surface area contributed by atoms with E-state index in [9.17, 15) is 14.4 Å². The van der Waals surface area contributed by atoms with Crippen molar-refractivity contribution in [2.75, 3.05) is 7.11 Å². The summed E-state index contributed by atoms with van der Waals surface area (Å²) in [7, 11) is 1.33. The second kappa shape index (κ2) is 6.51. The number of amides is 2. The summed E-state index contributed by atoms with van der Waals surface area (Å²) in [6.07, 6.45) is 6.81. The standard InChI is InChI=1S/C24H20N2O5/c1-30-24(29)13-4-2-3-12(9-13)19-8-5-14(31-19)11-25-26-22(27)20-15-6-7-16(18-10-17(15)18)21(20)23(26)28/h2-9,11,15-18,20-21H,10H2,1H3/t15-,16-,17-,18+,20+,21+/m0/s1. The molecule has 0 N–H and O–H groups in total. The first-order valence-corrected chi connectivity index (χ1v) is 10.5. The van der Waals surface area contributed by atoms with E-state index in [1.54, 1.807) is 30.3 Å². The Bertz CT molecular complexity index is 1140. The van der Waals surface area contributed by atoms with E-state index >= 15 is 0 Å². The molecule has 0 radical (unpaired) electrons. The van der Waals surface area contributed by atoms with Crippen LogP contribution in [0.3, 0.4) is 0 Å². The number of rotatable bonds is 4. The molecule has 3 fully saturated rings. The first-order valence-electron chi connectivity index (χ1n) is 10.5. The van der Waals surface area contributed by atoms with E-state index in [2.05, 4.69) is 17.3 Å². The second-order valence-corrected chi connectivity index (χ2v) is 8.66. The Labute approximate surface area is 178 Å².